The Hall–Kier alpha value is -0.810. The number of fused-ring (bicyclic) bond motifs is 1. The molecule has 0 saturated carbocycles. The number of H-pyrrole nitrogens is 1. The van der Waals surface area contributed by atoms with Crippen molar-refractivity contribution in [3.8, 4) is 5.75 Å². The Labute approximate surface area is 130 Å². The summed E-state index contributed by atoms with van der Waals surface area (Å²) >= 11 is 6.20. The maximum absolute atomic E-state index is 5.51. The standard InChI is InChI=1S/C15H22N2OS2/c1-4-18-12-5-6-13-14(7-12)17-15(16-13)20-9-11(8-19)10(2)3/h5-7,10-11,19H,4,8-9H2,1-3H3,(H,16,17). The Morgan fingerprint density at radius 3 is 2.85 bits per heavy atom. The monoisotopic (exact) mass is 310 g/mol. The van der Waals surface area contributed by atoms with Crippen LogP contribution in [0.15, 0.2) is 23.4 Å². The zero-order valence-electron chi connectivity index (χ0n) is 12.2. The van der Waals surface area contributed by atoms with Gasteiger partial charge in [-0.25, -0.2) is 4.98 Å². The lowest BCUT2D eigenvalue weighted by Gasteiger charge is -2.16. The third-order valence-corrected chi connectivity index (χ3v) is 4.88. The minimum absolute atomic E-state index is 0.607. The van der Waals surface area contributed by atoms with E-state index in [0.717, 1.165) is 33.4 Å². The summed E-state index contributed by atoms with van der Waals surface area (Å²) < 4.78 is 5.51. The minimum Gasteiger partial charge on any atom is -0.494 e. The molecule has 0 bridgehead atoms. The van der Waals surface area contributed by atoms with Crippen LogP contribution >= 0.6 is 24.4 Å². The van der Waals surface area contributed by atoms with E-state index in [-0.39, 0.29) is 0 Å². The number of ether oxygens (including phenoxy) is 1. The van der Waals surface area contributed by atoms with Gasteiger partial charge in [0.2, 0.25) is 0 Å². The summed E-state index contributed by atoms with van der Waals surface area (Å²) in [5.41, 5.74) is 2.02. The van der Waals surface area contributed by atoms with Crippen LogP contribution in [0.5, 0.6) is 5.75 Å². The van der Waals surface area contributed by atoms with Crippen LogP contribution < -0.4 is 4.74 Å². The fourth-order valence-corrected chi connectivity index (χ4v) is 3.88. The number of rotatable bonds is 7. The van der Waals surface area contributed by atoms with Gasteiger partial charge in [-0.05, 0) is 36.6 Å². The molecule has 0 aliphatic carbocycles. The molecule has 0 fully saturated rings. The molecule has 1 heterocycles. The largest absolute Gasteiger partial charge is 0.494 e. The molecule has 1 N–H and O–H groups in total. The normalized spacial score (nSPS) is 13.1. The Morgan fingerprint density at radius 1 is 1.40 bits per heavy atom. The predicted molar refractivity (Wildman–Crippen MR) is 90.2 cm³/mol. The zero-order valence-corrected chi connectivity index (χ0v) is 13.9. The molecule has 110 valence electrons. The molecular formula is C15H22N2OS2. The van der Waals surface area contributed by atoms with Crippen molar-refractivity contribution < 1.29 is 4.74 Å². The molecule has 0 radical (unpaired) electrons. The highest BCUT2D eigenvalue weighted by atomic mass is 32.2. The van der Waals surface area contributed by atoms with Gasteiger partial charge in [0.25, 0.3) is 0 Å². The highest BCUT2D eigenvalue weighted by molar-refractivity contribution is 7.99. The van der Waals surface area contributed by atoms with E-state index in [1.165, 1.54) is 0 Å². The van der Waals surface area contributed by atoms with E-state index in [2.05, 4.69) is 36.4 Å². The van der Waals surface area contributed by atoms with Crippen LogP contribution in [0.4, 0.5) is 0 Å². The van der Waals surface area contributed by atoms with Crippen LogP contribution in [0.3, 0.4) is 0 Å². The second-order valence-corrected chi connectivity index (χ2v) is 6.53. The number of thioether (sulfide) groups is 1. The average molecular weight is 310 g/mol. The number of aromatic nitrogens is 2. The van der Waals surface area contributed by atoms with Crippen LogP contribution in [-0.4, -0.2) is 28.1 Å². The molecule has 5 heteroatoms. The van der Waals surface area contributed by atoms with E-state index in [1.54, 1.807) is 11.8 Å². The second-order valence-electron chi connectivity index (χ2n) is 5.15. The first-order chi connectivity index (χ1) is 9.63. The first kappa shape index (κ1) is 15.6. The molecule has 20 heavy (non-hydrogen) atoms. The molecule has 1 atom stereocenters. The topological polar surface area (TPSA) is 37.9 Å². The lowest BCUT2D eigenvalue weighted by Crippen LogP contribution is -2.13. The van der Waals surface area contributed by atoms with E-state index in [1.807, 2.05) is 25.1 Å². The van der Waals surface area contributed by atoms with Gasteiger partial charge in [-0.3, -0.25) is 0 Å². The van der Waals surface area contributed by atoms with E-state index in [4.69, 9.17) is 4.74 Å². The van der Waals surface area contributed by atoms with Gasteiger partial charge < -0.3 is 9.72 Å². The van der Waals surface area contributed by atoms with Gasteiger partial charge in [-0.15, -0.1) is 0 Å². The number of aromatic amines is 1. The molecule has 0 aliphatic rings. The highest BCUT2D eigenvalue weighted by Crippen LogP contribution is 2.26. The number of benzene rings is 1. The summed E-state index contributed by atoms with van der Waals surface area (Å²) in [6.07, 6.45) is 0. The van der Waals surface area contributed by atoms with Gasteiger partial charge in [-0.1, -0.05) is 25.6 Å². The van der Waals surface area contributed by atoms with E-state index in [0.29, 0.717) is 18.4 Å². The fraction of sp³-hybridized carbons (Fsp3) is 0.533. The van der Waals surface area contributed by atoms with Crippen LogP contribution in [0.25, 0.3) is 11.0 Å². The fourth-order valence-electron chi connectivity index (χ4n) is 1.93. The third kappa shape index (κ3) is 3.85. The molecule has 2 rings (SSSR count). The SMILES string of the molecule is CCOc1ccc2nc(SCC(CS)C(C)C)[nH]c2c1. The van der Waals surface area contributed by atoms with Crippen molar-refractivity contribution in [2.24, 2.45) is 11.8 Å². The van der Waals surface area contributed by atoms with Crippen LogP contribution in [0.1, 0.15) is 20.8 Å². The lowest BCUT2D eigenvalue weighted by atomic mass is 10.0. The maximum atomic E-state index is 5.51. The lowest BCUT2D eigenvalue weighted by molar-refractivity contribution is 0.340. The number of imidazole rings is 1. The third-order valence-electron chi connectivity index (χ3n) is 3.35. The summed E-state index contributed by atoms with van der Waals surface area (Å²) in [6, 6.07) is 5.97. The van der Waals surface area contributed by atoms with Crippen molar-refractivity contribution in [1.82, 2.24) is 9.97 Å². The van der Waals surface area contributed by atoms with Crippen molar-refractivity contribution in [1.29, 1.82) is 0 Å². The molecule has 0 spiro atoms. The van der Waals surface area contributed by atoms with Crippen molar-refractivity contribution in [2.75, 3.05) is 18.1 Å². The van der Waals surface area contributed by atoms with Crippen molar-refractivity contribution >= 4 is 35.4 Å². The Kier molecular flexibility index (Phi) is 5.66. The Balaban J connectivity index is 2.07. The van der Waals surface area contributed by atoms with Gasteiger partial charge in [-0.2, -0.15) is 12.6 Å². The summed E-state index contributed by atoms with van der Waals surface area (Å²) in [4.78, 5) is 7.97. The zero-order chi connectivity index (χ0) is 14.5. The van der Waals surface area contributed by atoms with Gasteiger partial charge >= 0.3 is 0 Å². The quantitative estimate of drug-likeness (QED) is 0.593. The summed E-state index contributed by atoms with van der Waals surface area (Å²) in [5.74, 6) is 4.10. The molecule has 2 aromatic rings. The van der Waals surface area contributed by atoms with Crippen LogP contribution in [0, 0.1) is 11.8 Å². The van der Waals surface area contributed by atoms with Gasteiger partial charge in [0.15, 0.2) is 5.16 Å². The molecule has 1 unspecified atom stereocenters. The second kappa shape index (κ2) is 7.27. The predicted octanol–water partition coefficient (Wildman–Crippen LogP) is 4.26. The molecule has 0 amide bonds. The molecule has 1 aromatic carbocycles. The number of hydrogen-bond donors (Lipinski definition) is 2. The molecular weight excluding hydrogens is 288 g/mol. The van der Waals surface area contributed by atoms with E-state index in [9.17, 15) is 0 Å². The van der Waals surface area contributed by atoms with Crippen LogP contribution in [-0.2, 0) is 0 Å². The van der Waals surface area contributed by atoms with Gasteiger partial charge in [0.1, 0.15) is 5.75 Å². The maximum Gasteiger partial charge on any atom is 0.166 e. The Morgan fingerprint density at radius 2 is 2.20 bits per heavy atom. The molecule has 0 aliphatic heterocycles. The highest BCUT2D eigenvalue weighted by Gasteiger charge is 2.13. The van der Waals surface area contributed by atoms with Gasteiger partial charge in [0.05, 0.1) is 17.6 Å². The van der Waals surface area contributed by atoms with Crippen molar-refractivity contribution in [2.45, 2.75) is 25.9 Å². The van der Waals surface area contributed by atoms with Crippen molar-refractivity contribution in [3.63, 3.8) is 0 Å². The number of nitrogens with one attached hydrogen (secondary N) is 1. The van der Waals surface area contributed by atoms with E-state index < -0.39 is 0 Å². The number of nitrogens with zero attached hydrogens (tertiary/aromatic N) is 1. The Bertz CT molecular complexity index is 554. The summed E-state index contributed by atoms with van der Waals surface area (Å²) in [6.45, 7) is 7.16. The molecule has 1 aromatic heterocycles. The van der Waals surface area contributed by atoms with E-state index >= 15 is 0 Å². The smallest absolute Gasteiger partial charge is 0.166 e. The number of hydrogen-bond acceptors (Lipinski definition) is 4. The van der Waals surface area contributed by atoms with Gasteiger partial charge in [0, 0.05) is 11.8 Å². The van der Waals surface area contributed by atoms with Crippen LogP contribution in [0.2, 0.25) is 0 Å². The summed E-state index contributed by atoms with van der Waals surface area (Å²) in [5, 5.41) is 0.973. The number of thiol groups is 1. The first-order valence-electron chi connectivity index (χ1n) is 7.00. The van der Waals surface area contributed by atoms with Crippen molar-refractivity contribution in [3.05, 3.63) is 18.2 Å². The molecule has 0 saturated heterocycles. The minimum atomic E-state index is 0.607. The first-order valence-corrected chi connectivity index (χ1v) is 8.62. The summed E-state index contributed by atoms with van der Waals surface area (Å²) in [7, 11) is 0. The molecule has 3 nitrogen and oxygen atoms in total. The average Bonchev–Trinajstić information content (AvgIpc) is 2.81.